The Morgan fingerprint density at radius 2 is 1.96 bits per heavy atom. The van der Waals surface area contributed by atoms with Crippen LogP contribution in [0.25, 0.3) is 5.95 Å². The molecule has 0 radical (unpaired) electrons. The molecule has 3 aromatic rings. The number of aromatic nitrogens is 4. The lowest BCUT2D eigenvalue weighted by atomic mass is 10.1. The van der Waals surface area contributed by atoms with Crippen LogP contribution in [0, 0.1) is 13.8 Å². The third-order valence-corrected chi connectivity index (χ3v) is 4.52. The van der Waals surface area contributed by atoms with Crippen molar-refractivity contribution >= 4 is 11.7 Å². The van der Waals surface area contributed by atoms with E-state index in [1.54, 1.807) is 18.2 Å². The Bertz CT molecular complexity index is 1050. The van der Waals surface area contributed by atoms with Gasteiger partial charge in [0.25, 0.3) is 11.5 Å². The maximum atomic E-state index is 12.5. The average Bonchev–Trinajstić information content (AvgIpc) is 3.22. The molecule has 0 aliphatic heterocycles. The first-order valence-electron chi connectivity index (χ1n) is 8.58. The van der Waals surface area contributed by atoms with Gasteiger partial charge in [-0.15, -0.1) is 0 Å². The minimum Gasteiger partial charge on any atom is -0.306 e. The van der Waals surface area contributed by atoms with Crippen LogP contribution >= 0.6 is 0 Å². The lowest BCUT2D eigenvalue weighted by Gasteiger charge is -2.09. The number of benzene rings is 1. The molecule has 0 bridgehead atoms. The Morgan fingerprint density at radius 1 is 1.19 bits per heavy atom. The van der Waals surface area contributed by atoms with Gasteiger partial charge in [-0.3, -0.25) is 14.6 Å². The topological polar surface area (TPSA) is 92.7 Å². The summed E-state index contributed by atoms with van der Waals surface area (Å²) in [6.45, 7) is 3.79. The molecule has 7 heteroatoms. The predicted molar refractivity (Wildman–Crippen MR) is 97.9 cm³/mol. The Morgan fingerprint density at radius 3 is 2.73 bits per heavy atom. The molecule has 4 rings (SSSR count). The SMILES string of the molecule is Cc1ccc(C(=O)Nc2cc(C)nn2-c2nc3c(c(=O)[nH]2)CCC3)cc1. The van der Waals surface area contributed by atoms with Crippen LogP contribution in [0.2, 0.25) is 0 Å². The number of carbonyl (C=O) groups is 1. The standard InChI is InChI=1S/C19H19N5O2/c1-11-6-8-13(9-7-11)17(25)21-16-10-12(2)23-24(16)19-20-15-5-3-4-14(15)18(26)22-19/h6-10H,3-5H2,1-2H3,(H,21,25)(H,20,22,26). The van der Waals surface area contributed by atoms with Crippen molar-refractivity contribution in [1.29, 1.82) is 0 Å². The van der Waals surface area contributed by atoms with Gasteiger partial charge in [0.2, 0.25) is 5.95 Å². The van der Waals surface area contributed by atoms with Crippen molar-refractivity contribution in [3.05, 3.63) is 68.8 Å². The summed E-state index contributed by atoms with van der Waals surface area (Å²) in [5.74, 6) is 0.548. The van der Waals surface area contributed by atoms with Crippen LogP contribution < -0.4 is 10.9 Å². The Labute approximate surface area is 150 Å². The van der Waals surface area contributed by atoms with E-state index in [1.165, 1.54) is 4.68 Å². The molecule has 26 heavy (non-hydrogen) atoms. The number of amides is 1. The number of aryl methyl sites for hydroxylation is 3. The van der Waals surface area contributed by atoms with Crippen LogP contribution in [-0.2, 0) is 12.8 Å². The molecule has 0 fully saturated rings. The summed E-state index contributed by atoms with van der Waals surface area (Å²) < 4.78 is 1.47. The first kappa shape index (κ1) is 16.3. The molecule has 2 aromatic heterocycles. The van der Waals surface area contributed by atoms with E-state index in [9.17, 15) is 9.59 Å². The molecule has 2 N–H and O–H groups in total. The maximum absolute atomic E-state index is 12.5. The monoisotopic (exact) mass is 349 g/mol. The minimum atomic E-state index is -0.241. The molecular formula is C19H19N5O2. The number of hydrogen-bond acceptors (Lipinski definition) is 4. The summed E-state index contributed by atoms with van der Waals surface area (Å²) >= 11 is 0. The lowest BCUT2D eigenvalue weighted by molar-refractivity contribution is 0.102. The number of aromatic amines is 1. The van der Waals surface area contributed by atoms with Crippen LogP contribution in [0.1, 0.15) is 39.3 Å². The Balaban J connectivity index is 1.69. The van der Waals surface area contributed by atoms with Crippen molar-refractivity contribution in [3.8, 4) is 5.95 Å². The van der Waals surface area contributed by atoms with Crippen molar-refractivity contribution < 1.29 is 4.79 Å². The predicted octanol–water partition coefficient (Wildman–Crippen LogP) is 2.31. The normalized spacial score (nSPS) is 12.8. The van der Waals surface area contributed by atoms with Crippen LogP contribution in [0.5, 0.6) is 0 Å². The first-order valence-corrected chi connectivity index (χ1v) is 8.58. The van der Waals surface area contributed by atoms with Crippen LogP contribution in [0.3, 0.4) is 0 Å². The van der Waals surface area contributed by atoms with E-state index in [2.05, 4.69) is 20.4 Å². The molecule has 0 atom stereocenters. The number of nitrogens with one attached hydrogen (secondary N) is 2. The highest BCUT2D eigenvalue weighted by Gasteiger charge is 2.20. The van der Waals surface area contributed by atoms with Crippen LogP contribution in [-0.4, -0.2) is 25.7 Å². The highest BCUT2D eigenvalue weighted by Crippen LogP contribution is 2.19. The highest BCUT2D eigenvalue weighted by atomic mass is 16.1. The summed E-state index contributed by atoms with van der Waals surface area (Å²) in [7, 11) is 0. The number of H-pyrrole nitrogens is 1. The number of fused-ring (bicyclic) bond motifs is 1. The van der Waals surface area contributed by atoms with Crippen molar-refractivity contribution in [2.75, 3.05) is 5.32 Å². The molecule has 7 nitrogen and oxygen atoms in total. The second kappa shape index (κ2) is 6.25. The number of rotatable bonds is 3. The minimum absolute atomic E-state index is 0.133. The molecule has 0 saturated heterocycles. The lowest BCUT2D eigenvalue weighted by Crippen LogP contribution is -2.21. The van der Waals surface area contributed by atoms with Crippen molar-refractivity contribution in [1.82, 2.24) is 19.7 Å². The Kier molecular flexibility index (Phi) is 3.91. The fourth-order valence-electron chi connectivity index (χ4n) is 3.17. The van der Waals surface area contributed by atoms with Gasteiger partial charge in [-0.2, -0.15) is 9.78 Å². The molecule has 1 aromatic carbocycles. The van der Waals surface area contributed by atoms with Crippen LogP contribution in [0.4, 0.5) is 5.82 Å². The van der Waals surface area contributed by atoms with E-state index in [-0.39, 0.29) is 11.5 Å². The highest BCUT2D eigenvalue weighted by molar-refractivity contribution is 6.03. The van der Waals surface area contributed by atoms with Gasteiger partial charge in [0.1, 0.15) is 5.82 Å². The van der Waals surface area contributed by atoms with Gasteiger partial charge in [0.05, 0.1) is 11.4 Å². The average molecular weight is 349 g/mol. The molecule has 132 valence electrons. The Hall–Kier alpha value is -3.22. The fraction of sp³-hybridized carbons (Fsp3) is 0.263. The van der Waals surface area contributed by atoms with E-state index < -0.39 is 0 Å². The molecule has 1 aliphatic carbocycles. The largest absolute Gasteiger partial charge is 0.306 e. The van der Waals surface area contributed by atoms with Gasteiger partial charge >= 0.3 is 0 Å². The zero-order valence-corrected chi connectivity index (χ0v) is 14.7. The number of nitrogens with zero attached hydrogens (tertiary/aromatic N) is 3. The van der Waals surface area contributed by atoms with E-state index in [4.69, 9.17) is 0 Å². The summed E-state index contributed by atoms with van der Waals surface area (Å²) in [6, 6.07) is 9.06. The third kappa shape index (κ3) is 2.92. The maximum Gasteiger partial charge on any atom is 0.256 e. The zero-order valence-electron chi connectivity index (χ0n) is 14.7. The summed E-state index contributed by atoms with van der Waals surface area (Å²) in [4.78, 5) is 32.1. The fourth-order valence-corrected chi connectivity index (χ4v) is 3.17. The van der Waals surface area contributed by atoms with E-state index in [1.807, 2.05) is 26.0 Å². The van der Waals surface area contributed by atoms with Gasteiger partial charge in [0, 0.05) is 17.2 Å². The number of hydrogen-bond donors (Lipinski definition) is 2. The number of anilines is 1. The molecular weight excluding hydrogens is 330 g/mol. The van der Waals surface area contributed by atoms with Gasteiger partial charge in [-0.05, 0) is 45.2 Å². The van der Waals surface area contributed by atoms with E-state index in [0.29, 0.717) is 23.0 Å². The zero-order chi connectivity index (χ0) is 18.3. The summed E-state index contributed by atoms with van der Waals surface area (Å²) in [5, 5.41) is 7.23. The van der Waals surface area contributed by atoms with Gasteiger partial charge in [-0.25, -0.2) is 4.98 Å². The molecule has 0 spiro atoms. The van der Waals surface area contributed by atoms with Crippen LogP contribution in [0.15, 0.2) is 35.1 Å². The van der Waals surface area contributed by atoms with Gasteiger partial charge in [0.15, 0.2) is 0 Å². The van der Waals surface area contributed by atoms with Crippen molar-refractivity contribution in [2.45, 2.75) is 33.1 Å². The van der Waals surface area contributed by atoms with Crippen molar-refractivity contribution in [3.63, 3.8) is 0 Å². The smallest absolute Gasteiger partial charge is 0.256 e. The summed E-state index contributed by atoms with van der Waals surface area (Å²) in [5.41, 5.74) is 3.79. The third-order valence-electron chi connectivity index (χ3n) is 4.52. The first-order chi connectivity index (χ1) is 12.5. The summed E-state index contributed by atoms with van der Waals surface area (Å²) in [6.07, 6.45) is 2.48. The van der Waals surface area contributed by atoms with Gasteiger partial charge < -0.3 is 5.32 Å². The van der Waals surface area contributed by atoms with Crippen molar-refractivity contribution in [2.24, 2.45) is 0 Å². The number of carbonyl (C=O) groups excluding carboxylic acids is 1. The second-order valence-electron chi connectivity index (χ2n) is 6.57. The molecule has 0 unspecified atom stereocenters. The molecule has 0 saturated carbocycles. The second-order valence-corrected chi connectivity index (χ2v) is 6.57. The molecule has 1 amide bonds. The quantitative estimate of drug-likeness (QED) is 0.759. The molecule has 1 aliphatic rings. The molecule has 2 heterocycles. The van der Waals surface area contributed by atoms with E-state index >= 15 is 0 Å². The van der Waals surface area contributed by atoms with E-state index in [0.717, 1.165) is 36.1 Å². The van der Waals surface area contributed by atoms with Gasteiger partial charge in [-0.1, -0.05) is 17.7 Å².